The van der Waals surface area contributed by atoms with Gasteiger partial charge in [0.15, 0.2) is 0 Å². The zero-order valence-corrected chi connectivity index (χ0v) is 11.3. The molecule has 0 saturated heterocycles. The Morgan fingerprint density at radius 2 is 2.11 bits per heavy atom. The van der Waals surface area contributed by atoms with E-state index in [0.29, 0.717) is 12.0 Å². The minimum Gasteiger partial charge on any atom is -0.478 e. The maximum absolute atomic E-state index is 11.2. The van der Waals surface area contributed by atoms with Crippen LogP contribution in [0.3, 0.4) is 0 Å². The molecule has 0 atom stereocenters. The largest absolute Gasteiger partial charge is 0.478 e. The molecule has 4 nitrogen and oxygen atoms in total. The summed E-state index contributed by atoms with van der Waals surface area (Å²) in [7, 11) is 0. The third kappa shape index (κ3) is 2.49. The van der Waals surface area contributed by atoms with Crippen LogP contribution in [0.4, 0.5) is 0 Å². The SMILES string of the molecule is CCn1cc(CCCO)c2cc(C(=O)O)c(C)cc21. The Labute approximate surface area is 112 Å². The van der Waals surface area contributed by atoms with Crippen molar-refractivity contribution in [2.75, 3.05) is 6.61 Å². The molecule has 19 heavy (non-hydrogen) atoms. The predicted molar refractivity (Wildman–Crippen MR) is 74.7 cm³/mol. The Kier molecular flexibility index (Phi) is 3.90. The minimum absolute atomic E-state index is 0.149. The number of hydrogen-bond acceptors (Lipinski definition) is 2. The second-order valence-corrected chi connectivity index (χ2v) is 4.76. The van der Waals surface area contributed by atoms with Crippen molar-refractivity contribution in [3.8, 4) is 0 Å². The number of aromatic nitrogens is 1. The van der Waals surface area contributed by atoms with Crippen LogP contribution < -0.4 is 0 Å². The van der Waals surface area contributed by atoms with E-state index in [1.807, 2.05) is 13.0 Å². The fourth-order valence-corrected chi connectivity index (χ4v) is 2.48. The zero-order chi connectivity index (χ0) is 14.0. The van der Waals surface area contributed by atoms with E-state index < -0.39 is 5.97 Å². The van der Waals surface area contributed by atoms with Gasteiger partial charge in [-0.05, 0) is 49.9 Å². The van der Waals surface area contributed by atoms with E-state index in [1.165, 1.54) is 0 Å². The number of carboxylic acids is 1. The third-order valence-electron chi connectivity index (χ3n) is 3.49. The lowest BCUT2D eigenvalue weighted by Crippen LogP contribution is -2.00. The van der Waals surface area contributed by atoms with E-state index in [1.54, 1.807) is 6.07 Å². The highest BCUT2D eigenvalue weighted by Crippen LogP contribution is 2.26. The summed E-state index contributed by atoms with van der Waals surface area (Å²) in [6.07, 6.45) is 3.52. The standard InChI is InChI=1S/C15H19NO3/c1-3-16-9-11(5-4-6-17)13-8-12(15(18)19)10(2)7-14(13)16/h7-9,17H,3-6H2,1-2H3,(H,18,19). The van der Waals surface area contributed by atoms with E-state index in [9.17, 15) is 9.90 Å². The fraction of sp³-hybridized carbons (Fsp3) is 0.400. The second kappa shape index (κ2) is 5.45. The Bertz CT molecular complexity index is 613. The first-order chi connectivity index (χ1) is 9.08. The number of aryl methyl sites for hydroxylation is 3. The Morgan fingerprint density at radius 1 is 1.37 bits per heavy atom. The van der Waals surface area contributed by atoms with Gasteiger partial charge >= 0.3 is 5.97 Å². The molecule has 2 rings (SSSR count). The number of nitrogens with zero attached hydrogens (tertiary/aromatic N) is 1. The average molecular weight is 261 g/mol. The molecule has 0 aliphatic heterocycles. The highest BCUT2D eigenvalue weighted by molar-refractivity contribution is 5.96. The van der Waals surface area contributed by atoms with E-state index in [0.717, 1.165) is 35.0 Å². The van der Waals surface area contributed by atoms with Crippen LogP contribution in [-0.4, -0.2) is 27.4 Å². The molecule has 1 aromatic carbocycles. The summed E-state index contributed by atoms with van der Waals surface area (Å²) in [5.41, 5.74) is 3.31. The zero-order valence-electron chi connectivity index (χ0n) is 11.3. The van der Waals surface area contributed by atoms with Crippen LogP contribution >= 0.6 is 0 Å². The van der Waals surface area contributed by atoms with Gasteiger partial charge in [0.25, 0.3) is 0 Å². The van der Waals surface area contributed by atoms with Crippen molar-refractivity contribution in [3.05, 3.63) is 35.0 Å². The van der Waals surface area contributed by atoms with Crippen LogP contribution in [0.15, 0.2) is 18.3 Å². The molecule has 0 amide bonds. The molecule has 0 aliphatic carbocycles. The number of aliphatic hydroxyl groups is 1. The molecular weight excluding hydrogens is 242 g/mol. The van der Waals surface area contributed by atoms with Crippen molar-refractivity contribution < 1.29 is 15.0 Å². The smallest absolute Gasteiger partial charge is 0.335 e. The Balaban J connectivity index is 2.63. The summed E-state index contributed by atoms with van der Waals surface area (Å²) >= 11 is 0. The second-order valence-electron chi connectivity index (χ2n) is 4.76. The molecule has 0 aliphatic rings. The molecule has 0 spiro atoms. The molecular formula is C15H19NO3. The van der Waals surface area contributed by atoms with Gasteiger partial charge in [0.05, 0.1) is 5.56 Å². The molecule has 1 aromatic heterocycles. The van der Waals surface area contributed by atoms with Crippen LogP contribution in [0.2, 0.25) is 0 Å². The first-order valence-corrected chi connectivity index (χ1v) is 6.55. The summed E-state index contributed by atoms with van der Waals surface area (Å²) in [5.74, 6) is -0.892. The van der Waals surface area contributed by atoms with Crippen LogP contribution in [0.5, 0.6) is 0 Å². The van der Waals surface area contributed by atoms with Gasteiger partial charge in [-0.25, -0.2) is 4.79 Å². The van der Waals surface area contributed by atoms with Crippen molar-refractivity contribution in [3.63, 3.8) is 0 Å². The van der Waals surface area contributed by atoms with E-state index in [4.69, 9.17) is 5.11 Å². The first-order valence-electron chi connectivity index (χ1n) is 6.55. The molecule has 0 bridgehead atoms. The van der Waals surface area contributed by atoms with E-state index >= 15 is 0 Å². The molecule has 0 radical (unpaired) electrons. The fourth-order valence-electron chi connectivity index (χ4n) is 2.48. The number of aliphatic hydroxyl groups excluding tert-OH is 1. The van der Waals surface area contributed by atoms with Gasteiger partial charge in [-0.2, -0.15) is 0 Å². The number of hydrogen-bond donors (Lipinski definition) is 2. The number of rotatable bonds is 5. The average Bonchev–Trinajstić information content (AvgIpc) is 2.72. The van der Waals surface area contributed by atoms with Gasteiger partial charge in [0.1, 0.15) is 0 Å². The van der Waals surface area contributed by atoms with Gasteiger partial charge in [-0.15, -0.1) is 0 Å². The highest BCUT2D eigenvalue weighted by Gasteiger charge is 2.13. The summed E-state index contributed by atoms with van der Waals surface area (Å²) in [6, 6.07) is 3.69. The van der Waals surface area contributed by atoms with Crippen molar-refractivity contribution in [1.29, 1.82) is 0 Å². The number of fused-ring (bicyclic) bond motifs is 1. The van der Waals surface area contributed by atoms with Gasteiger partial charge in [-0.3, -0.25) is 0 Å². The molecule has 0 fully saturated rings. The summed E-state index contributed by atoms with van der Waals surface area (Å²) in [4.78, 5) is 11.2. The lowest BCUT2D eigenvalue weighted by Gasteiger charge is -2.05. The summed E-state index contributed by atoms with van der Waals surface area (Å²) in [5, 5.41) is 19.1. The number of benzene rings is 1. The minimum atomic E-state index is -0.892. The molecule has 0 saturated carbocycles. The van der Waals surface area contributed by atoms with E-state index in [-0.39, 0.29) is 6.61 Å². The third-order valence-corrected chi connectivity index (χ3v) is 3.49. The molecule has 102 valence electrons. The molecule has 0 unspecified atom stereocenters. The summed E-state index contributed by atoms with van der Waals surface area (Å²) in [6.45, 7) is 4.89. The van der Waals surface area contributed by atoms with Gasteiger partial charge in [0, 0.05) is 30.3 Å². The number of carboxylic acid groups (broad SMARTS) is 1. The quantitative estimate of drug-likeness (QED) is 0.869. The van der Waals surface area contributed by atoms with Crippen molar-refractivity contribution in [1.82, 2.24) is 4.57 Å². The molecule has 2 aromatic rings. The van der Waals surface area contributed by atoms with E-state index in [2.05, 4.69) is 17.7 Å². The van der Waals surface area contributed by atoms with Crippen molar-refractivity contribution >= 4 is 16.9 Å². The Morgan fingerprint density at radius 3 is 2.68 bits per heavy atom. The monoisotopic (exact) mass is 261 g/mol. The van der Waals surface area contributed by atoms with Crippen LogP contribution in [0.1, 0.15) is 34.8 Å². The van der Waals surface area contributed by atoms with Gasteiger partial charge in [0.2, 0.25) is 0 Å². The maximum Gasteiger partial charge on any atom is 0.335 e. The Hall–Kier alpha value is -1.81. The van der Waals surface area contributed by atoms with Crippen LogP contribution in [-0.2, 0) is 13.0 Å². The predicted octanol–water partition coefficient (Wildman–Crippen LogP) is 2.59. The van der Waals surface area contributed by atoms with Crippen LogP contribution in [0, 0.1) is 6.92 Å². The molecule has 2 N–H and O–H groups in total. The first kappa shape index (κ1) is 13.6. The van der Waals surface area contributed by atoms with Crippen molar-refractivity contribution in [2.45, 2.75) is 33.2 Å². The van der Waals surface area contributed by atoms with Gasteiger partial charge in [-0.1, -0.05) is 0 Å². The number of carbonyl (C=O) groups is 1. The summed E-state index contributed by atoms with van der Waals surface area (Å²) < 4.78 is 2.13. The van der Waals surface area contributed by atoms with Gasteiger partial charge < -0.3 is 14.8 Å². The lowest BCUT2D eigenvalue weighted by atomic mass is 10.0. The van der Waals surface area contributed by atoms with Crippen LogP contribution in [0.25, 0.3) is 10.9 Å². The number of aromatic carboxylic acids is 1. The molecule has 1 heterocycles. The van der Waals surface area contributed by atoms with Crippen molar-refractivity contribution in [2.24, 2.45) is 0 Å². The lowest BCUT2D eigenvalue weighted by molar-refractivity contribution is 0.0696. The topological polar surface area (TPSA) is 62.5 Å². The maximum atomic E-state index is 11.2. The highest BCUT2D eigenvalue weighted by atomic mass is 16.4. The normalized spacial score (nSPS) is 11.1. The molecule has 4 heteroatoms.